The molecule has 1 unspecified atom stereocenters. The first-order chi connectivity index (χ1) is 16.4. The zero-order valence-electron chi connectivity index (χ0n) is 22.5. The Morgan fingerprint density at radius 1 is 0.943 bits per heavy atom. The number of Topliss-reactive ketones (excluding diaryl/α,β-unsaturated/α-hetero) is 2. The molecule has 1 N–H and O–H groups in total. The van der Waals surface area contributed by atoms with Crippen molar-refractivity contribution in [2.75, 3.05) is 6.54 Å². The molecule has 0 aromatic rings. The zero-order chi connectivity index (χ0) is 24.9. The summed E-state index contributed by atoms with van der Waals surface area (Å²) in [6, 6.07) is 0.324. The molecule has 0 radical (unpaired) electrons. The summed E-state index contributed by atoms with van der Waals surface area (Å²) in [6.45, 7) is 14.8. The first-order valence-electron chi connectivity index (χ1n) is 14.5. The number of carbonyl (C=O) groups is 2. The van der Waals surface area contributed by atoms with E-state index in [4.69, 9.17) is 4.74 Å². The van der Waals surface area contributed by atoms with Crippen LogP contribution in [0.2, 0.25) is 0 Å². The molecular weight excluding hydrogens is 438 g/mol. The highest BCUT2D eigenvalue weighted by atomic mass is 16.5. The van der Waals surface area contributed by atoms with E-state index in [0.29, 0.717) is 41.8 Å². The first kappa shape index (κ1) is 23.3. The van der Waals surface area contributed by atoms with Gasteiger partial charge in [-0.05, 0) is 78.4 Å². The quantitative estimate of drug-likeness (QED) is 0.551. The summed E-state index contributed by atoms with van der Waals surface area (Å²) in [5, 5.41) is 11.3. The predicted molar refractivity (Wildman–Crippen MR) is 132 cm³/mol. The van der Waals surface area contributed by atoms with Crippen molar-refractivity contribution in [3.05, 3.63) is 0 Å². The van der Waals surface area contributed by atoms with Gasteiger partial charge in [0.25, 0.3) is 0 Å². The monoisotopic (exact) mass is 483 g/mol. The Balaban J connectivity index is 1.42. The maximum absolute atomic E-state index is 14.4. The fourth-order valence-corrected chi connectivity index (χ4v) is 12.0. The molecule has 4 aliphatic carbocycles. The summed E-state index contributed by atoms with van der Waals surface area (Å²) in [5.41, 5.74) is -1.05. The number of aliphatic hydroxyl groups is 1. The van der Waals surface area contributed by atoms with Gasteiger partial charge in [0.1, 0.15) is 17.3 Å². The van der Waals surface area contributed by atoms with Crippen LogP contribution in [0.3, 0.4) is 0 Å². The van der Waals surface area contributed by atoms with Gasteiger partial charge in [0.05, 0.1) is 18.1 Å². The molecule has 4 saturated carbocycles. The average Bonchev–Trinajstić information content (AvgIpc) is 3.03. The molecule has 194 valence electrons. The highest BCUT2D eigenvalue weighted by Crippen LogP contribution is 2.76. The van der Waals surface area contributed by atoms with E-state index in [1.165, 1.54) is 0 Å². The van der Waals surface area contributed by atoms with Crippen LogP contribution in [0.15, 0.2) is 0 Å². The molecule has 3 heterocycles. The van der Waals surface area contributed by atoms with Gasteiger partial charge in [0.2, 0.25) is 0 Å². The first-order valence-corrected chi connectivity index (χ1v) is 14.5. The Morgan fingerprint density at radius 3 is 2.43 bits per heavy atom. The van der Waals surface area contributed by atoms with Crippen molar-refractivity contribution >= 4 is 11.6 Å². The van der Waals surface area contributed by atoms with Crippen LogP contribution in [0.4, 0.5) is 0 Å². The van der Waals surface area contributed by atoms with Gasteiger partial charge < -0.3 is 9.84 Å². The van der Waals surface area contributed by atoms with Gasteiger partial charge in [-0.3, -0.25) is 14.5 Å². The molecule has 0 aromatic carbocycles. The minimum Gasteiger partial charge on any atom is -0.393 e. The number of ether oxygens (including phenoxy) is 1. The van der Waals surface area contributed by atoms with Crippen molar-refractivity contribution in [2.45, 2.75) is 110 Å². The lowest BCUT2D eigenvalue weighted by molar-refractivity contribution is -0.295. The third-order valence-corrected chi connectivity index (χ3v) is 13.4. The fourth-order valence-electron chi connectivity index (χ4n) is 12.0. The molecule has 0 amide bonds. The maximum atomic E-state index is 14.4. The van der Waals surface area contributed by atoms with Crippen molar-refractivity contribution in [2.24, 2.45) is 57.7 Å². The molecule has 35 heavy (non-hydrogen) atoms. The lowest BCUT2D eigenvalue weighted by Gasteiger charge is -2.75. The van der Waals surface area contributed by atoms with Crippen LogP contribution < -0.4 is 0 Å². The number of piperidine rings is 1. The van der Waals surface area contributed by atoms with E-state index in [1.807, 2.05) is 0 Å². The molecule has 5 nitrogen and oxygen atoms in total. The number of fused-ring (bicyclic) bond motifs is 7. The van der Waals surface area contributed by atoms with Crippen LogP contribution in [0.5, 0.6) is 0 Å². The minimum absolute atomic E-state index is 0.0478. The van der Waals surface area contributed by atoms with Gasteiger partial charge in [-0.15, -0.1) is 0 Å². The molecule has 14 atom stereocenters. The molecule has 5 heteroatoms. The van der Waals surface area contributed by atoms with Crippen LogP contribution in [-0.4, -0.2) is 52.1 Å². The van der Waals surface area contributed by atoms with Crippen LogP contribution in [-0.2, 0) is 14.3 Å². The van der Waals surface area contributed by atoms with E-state index in [2.05, 4.69) is 46.4 Å². The van der Waals surface area contributed by atoms with Gasteiger partial charge in [0.15, 0.2) is 0 Å². The third-order valence-electron chi connectivity index (χ3n) is 13.4. The molecule has 3 aliphatic heterocycles. The minimum atomic E-state index is -0.432. The normalized spacial score (nSPS) is 63.3. The van der Waals surface area contributed by atoms with Gasteiger partial charge in [-0.2, -0.15) is 0 Å². The Morgan fingerprint density at radius 2 is 1.69 bits per heavy atom. The molecule has 1 spiro atoms. The summed E-state index contributed by atoms with van der Waals surface area (Å²) in [4.78, 5) is 31.1. The van der Waals surface area contributed by atoms with E-state index < -0.39 is 11.8 Å². The summed E-state index contributed by atoms with van der Waals surface area (Å²) >= 11 is 0. The Bertz CT molecular complexity index is 997. The summed E-state index contributed by atoms with van der Waals surface area (Å²) < 4.78 is 6.83. The number of hydrogen-bond acceptors (Lipinski definition) is 5. The van der Waals surface area contributed by atoms with Crippen molar-refractivity contribution in [1.29, 1.82) is 0 Å². The second-order valence-corrected chi connectivity index (χ2v) is 15.2. The van der Waals surface area contributed by atoms with Crippen LogP contribution in [0.25, 0.3) is 0 Å². The van der Waals surface area contributed by atoms with E-state index in [1.54, 1.807) is 0 Å². The van der Waals surface area contributed by atoms with E-state index in [-0.39, 0.29) is 46.0 Å². The number of hydrogen-bond donors (Lipinski definition) is 1. The Kier molecular flexibility index (Phi) is 4.53. The molecular formula is C30H45NO4. The van der Waals surface area contributed by atoms with Gasteiger partial charge in [-0.1, -0.05) is 41.5 Å². The van der Waals surface area contributed by atoms with E-state index in [9.17, 15) is 14.7 Å². The van der Waals surface area contributed by atoms with Gasteiger partial charge >= 0.3 is 0 Å². The van der Waals surface area contributed by atoms with Crippen molar-refractivity contribution in [3.63, 3.8) is 0 Å². The number of ketones is 2. The Hall–Kier alpha value is -0.780. The lowest BCUT2D eigenvalue weighted by atomic mass is 9.32. The van der Waals surface area contributed by atoms with E-state index >= 15 is 0 Å². The second-order valence-electron chi connectivity index (χ2n) is 15.2. The average molecular weight is 484 g/mol. The molecule has 0 aromatic heterocycles. The van der Waals surface area contributed by atoms with Gasteiger partial charge in [-0.25, -0.2) is 0 Å². The number of rotatable bonds is 0. The fraction of sp³-hybridized carbons (Fsp3) is 0.933. The topological polar surface area (TPSA) is 66.8 Å². The molecule has 7 fully saturated rings. The third kappa shape index (κ3) is 2.53. The maximum Gasteiger partial charge on any atom is 0.140 e. The largest absolute Gasteiger partial charge is 0.393 e. The van der Waals surface area contributed by atoms with Crippen LogP contribution in [0, 0.1) is 57.7 Å². The number of nitrogens with zero attached hydrogens (tertiary/aromatic N) is 1. The van der Waals surface area contributed by atoms with Crippen molar-refractivity contribution in [1.82, 2.24) is 4.90 Å². The SMILES string of the molecule is CC1C[C@@H]2[C@@H]([C@@H](O)C1)[C@@H](C)C(=O)[C@H]1[C@@]2(C)C[C@H]2N3C[C@H]4C[C@H](C)C[C@@]3(O4)[C@@H]3C[C@@]2(C)[C@@]1(C)CC3=O. The lowest BCUT2D eigenvalue weighted by Crippen LogP contribution is -2.79. The van der Waals surface area contributed by atoms with Crippen LogP contribution >= 0.6 is 0 Å². The molecule has 3 saturated heterocycles. The molecule has 4 bridgehead atoms. The standard InChI is InChI=1S/C30H45NO4/c1-15-8-19-24(21(32)9-15)17(3)25(34)26-27(19,4)13-23-28(5)11-20(22(33)12-29(26,28)6)30-10-16(2)7-18(35-30)14-31(23)30/h15-21,23-24,26,32H,7-14H2,1-6H3/t15?,16-,17+,18+,19+,20+,21-,23+,24-,26-,27-,28+,29-,30+/m0/s1. The van der Waals surface area contributed by atoms with Crippen LogP contribution in [0.1, 0.15) is 86.5 Å². The van der Waals surface area contributed by atoms with Crippen molar-refractivity contribution in [3.8, 4) is 0 Å². The Labute approximate surface area is 210 Å². The smallest absolute Gasteiger partial charge is 0.140 e. The number of aliphatic hydroxyl groups excluding tert-OH is 1. The molecule has 7 rings (SSSR count). The predicted octanol–water partition coefficient (Wildman–Crippen LogP) is 4.46. The van der Waals surface area contributed by atoms with Gasteiger partial charge in [0, 0.05) is 30.8 Å². The molecule has 7 aliphatic rings. The number of carbonyl (C=O) groups excluding carboxylic acids is 2. The van der Waals surface area contributed by atoms with Crippen molar-refractivity contribution < 1.29 is 19.4 Å². The van der Waals surface area contributed by atoms with E-state index in [0.717, 1.165) is 45.1 Å². The highest BCUT2D eigenvalue weighted by Gasteiger charge is 2.78. The second kappa shape index (κ2) is 6.80. The summed E-state index contributed by atoms with van der Waals surface area (Å²) in [6.07, 6.45) is 6.14. The highest BCUT2D eigenvalue weighted by molar-refractivity contribution is 5.90. The zero-order valence-corrected chi connectivity index (χ0v) is 22.5. The summed E-state index contributed by atoms with van der Waals surface area (Å²) in [7, 11) is 0. The summed E-state index contributed by atoms with van der Waals surface area (Å²) in [5.74, 6) is 1.80.